The third kappa shape index (κ3) is 2.68. The molecule has 3 rings (SSSR count). The van der Waals surface area contributed by atoms with Crippen LogP contribution in [0.1, 0.15) is 10.6 Å². The van der Waals surface area contributed by atoms with Gasteiger partial charge in [-0.25, -0.2) is 4.98 Å². The molecule has 2 nitrogen and oxygen atoms in total. The standard InChI is InChI=1S/C14H10Cl2N2S/c15-9-2-4-12-13(7-9)19-14(18-12)6-8-1-3-11(17)10(16)5-8/h1-5,7H,6,17H2. The van der Waals surface area contributed by atoms with E-state index in [0.717, 1.165) is 32.2 Å². The number of aromatic nitrogens is 1. The van der Waals surface area contributed by atoms with Crippen LogP contribution in [0.15, 0.2) is 36.4 Å². The Balaban J connectivity index is 1.94. The van der Waals surface area contributed by atoms with Crippen molar-refractivity contribution in [2.24, 2.45) is 0 Å². The average Bonchev–Trinajstić information content (AvgIpc) is 2.75. The van der Waals surface area contributed by atoms with E-state index in [1.165, 1.54) is 0 Å². The number of benzene rings is 2. The Hall–Kier alpha value is -1.29. The number of hydrogen-bond acceptors (Lipinski definition) is 3. The van der Waals surface area contributed by atoms with Gasteiger partial charge in [0.25, 0.3) is 0 Å². The molecule has 0 unspecified atom stereocenters. The van der Waals surface area contributed by atoms with Crippen LogP contribution in [-0.4, -0.2) is 4.98 Å². The van der Waals surface area contributed by atoms with Crippen LogP contribution in [0.25, 0.3) is 10.2 Å². The lowest BCUT2D eigenvalue weighted by atomic mass is 10.1. The van der Waals surface area contributed by atoms with Gasteiger partial charge in [0.15, 0.2) is 0 Å². The first-order valence-corrected chi connectivity index (χ1v) is 7.28. The van der Waals surface area contributed by atoms with E-state index in [1.54, 1.807) is 11.3 Å². The summed E-state index contributed by atoms with van der Waals surface area (Å²) in [7, 11) is 0. The quantitative estimate of drug-likeness (QED) is 0.692. The fraction of sp³-hybridized carbons (Fsp3) is 0.0714. The molecule has 0 amide bonds. The molecule has 96 valence electrons. The molecule has 3 aromatic rings. The molecule has 0 saturated carbocycles. The molecule has 5 heteroatoms. The van der Waals surface area contributed by atoms with E-state index in [1.807, 2.05) is 36.4 Å². The SMILES string of the molecule is Nc1ccc(Cc2nc3ccc(Cl)cc3s2)cc1Cl. The Morgan fingerprint density at radius 2 is 1.95 bits per heavy atom. The van der Waals surface area contributed by atoms with Gasteiger partial charge in [-0.1, -0.05) is 29.3 Å². The van der Waals surface area contributed by atoms with Crippen LogP contribution >= 0.6 is 34.5 Å². The molecular formula is C14H10Cl2N2S. The topological polar surface area (TPSA) is 38.9 Å². The molecule has 0 aliphatic carbocycles. The summed E-state index contributed by atoms with van der Waals surface area (Å²) in [4.78, 5) is 4.59. The summed E-state index contributed by atoms with van der Waals surface area (Å²) in [5.74, 6) is 0. The Bertz CT molecular complexity index is 752. The van der Waals surface area contributed by atoms with Crippen LogP contribution in [0, 0.1) is 0 Å². The highest BCUT2D eigenvalue weighted by atomic mass is 35.5. The molecule has 0 atom stereocenters. The molecule has 0 radical (unpaired) electrons. The maximum Gasteiger partial charge on any atom is 0.0982 e. The lowest BCUT2D eigenvalue weighted by Crippen LogP contribution is -1.90. The molecule has 2 N–H and O–H groups in total. The second-order valence-corrected chi connectivity index (χ2v) is 6.21. The maximum absolute atomic E-state index is 6.02. The summed E-state index contributed by atoms with van der Waals surface area (Å²) in [6, 6.07) is 11.4. The minimum Gasteiger partial charge on any atom is -0.398 e. The van der Waals surface area contributed by atoms with Gasteiger partial charge in [-0.2, -0.15) is 0 Å². The first kappa shape index (κ1) is 12.7. The van der Waals surface area contributed by atoms with Crippen molar-refractivity contribution in [3.63, 3.8) is 0 Å². The van der Waals surface area contributed by atoms with Crippen LogP contribution in [0.2, 0.25) is 10.0 Å². The third-order valence-electron chi connectivity index (χ3n) is 2.81. The number of anilines is 1. The smallest absolute Gasteiger partial charge is 0.0982 e. The summed E-state index contributed by atoms with van der Waals surface area (Å²) in [6.07, 6.45) is 0.747. The lowest BCUT2D eigenvalue weighted by Gasteiger charge is -2.01. The zero-order valence-corrected chi connectivity index (χ0v) is 12.2. The second kappa shape index (κ2) is 5.00. The van der Waals surface area contributed by atoms with Crippen LogP contribution in [0.5, 0.6) is 0 Å². The van der Waals surface area contributed by atoms with Crippen LogP contribution < -0.4 is 5.73 Å². The highest BCUT2D eigenvalue weighted by Crippen LogP contribution is 2.28. The van der Waals surface area contributed by atoms with Crippen molar-refractivity contribution >= 4 is 50.4 Å². The molecule has 0 bridgehead atoms. The second-order valence-electron chi connectivity index (χ2n) is 4.25. The molecule has 0 spiro atoms. The molecule has 1 heterocycles. The molecule has 0 saturated heterocycles. The van der Waals surface area contributed by atoms with Crippen molar-refractivity contribution in [3.05, 3.63) is 57.0 Å². The Morgan fingerprint density at radius 3 is 2.74 bits per heavy atom. The van der Waals surface area contributed by atoms with Crippen molar-refractivity contribution in [2.75, 3.05) is 5.73 Å². The first-order valence-electron chi connectivity index (χ1n) is 5.71. The molecule has 19 heavy (non-hydrogen) atoms. The number of halogens is 2. The summed E-state index contributed by atoms with van der Waals surface area (Å²) in [5.41, 5.74) is 8.38. The van der Waals surface area contributed by atoms with E-state index >= 15 is 0 Å². The van der Waals surface area contributed by atoms with Gasteiger partial charge >= 0.3 is 0 Å². The fourth-order valence-corrected chi connectivity index (χ4v) is 3.36. The summed E-state index contributed by atoms with van der Waals surface area (Å²) < 4.78 is 1.10. The van der Waals surface area contributed by atoms with E-state index in [2.05, 4.69) is 4.98 Å². The predicted octanol–water partition coefficient (Wildman–Crippen LogP) is 4.78. The number of fused-ring (bicyclic) bond motifs is 1. The Labute approximate surface area is 124 Å². The first-order chi connectivity index (χ1) is 9.11. The van der Waals surface area contributed by atoms with Crippen molar-refractivity contribution in [2.45, 2.75) is 6.42 Å². The third-order valence-corrected chi connectivity index (χ3v) is 4.40. The highest BCUT2D eigenvalue weighted by molar-refractivity contribution is 7.18. The largest absolute Gasteiger partial charge is 0.398 e. The van der Waals surface area contributed by atoms with E-state index in [-0.39, 0.29) is 0 Å². The van der Waals surface area contributed by atoms with Gasteiger partial charge < -0.3 is 5.73 Å². The van der Waals surface area contributed by atoms with Gasteiger partial charge in [0.05, 0.1) is 25.9 Å². The average molecular weight is 309 g/mol. The van der Waals surface area contributed by atoms with Gasteiger partial charge in [0.1, 0.15) is 0 Å². The van der Waals surface area contributed by atoms with Crippen molar-refractivity contribution in [1.82, 2.24) is 4.98 Å². The van der Waals surface area contributed by atoms with E-state index in [4.69, 9.17) is 28.9 Å². The van der Waals surface area contributed by atoms with Crippen LogP contribution in [0.3, 0.4) is 0 Å². The van der Waals surface area contributed by atoms with E-state index < -0.39 is 0 Å². The normalized spacial score (nSPS) is 11.1. The molecule has 0 aliphatic rings. The van der Waals surface area contributed by atoms with Crippen LogP contribution in [-0.2, 0) is 6.42 Å². The van der Waals surface area contributed by atoms with E-state index in [9.17, 15) is 0 Å². The molecular weight excluding hydrogens is 299 g/mol. The molecule has 2 aromatic carbocycles. The summed E-state index contributed by atoms with van der Waals surface area (Å²) in [6.45, 7) is 0. The number of nitrogens with zero attached hydrogens (tertiary/aromatic N) is 1. The molecule has 1 aromatic heterocycles. The lowest BCUT2D eigenvalue weighted by molar-refractivity contribution is 1.16. The van der Waals surface area contributed by atoms with Crippen molar-refractivity contribution in [1.29, 1.82) is 0 Å². The van der Waals surface area contributed by atoms with Crippen molar-refractivity contribution < 1.29 is 0 Å². The minimum absolute atomic E-state index is 0.585. The Morgan fingerprint density at radius 1 is 1.11 bits per heavy atom. The highest BCUT2D eigenvalue weighted by Gasteiger charge is 2.06. The van der Waals surface area contributed by atoms with Gasteiger partial charge in [0, 0.05) is 11.4 Å². The molecule has 0 aliphatic heterocycles. The number of nitrogen functional groups attached to an aromatic ring is 1. The maximum atomic E-state index is 6.02. The number of hydrogen-bond donors (Lipinski definition) is 1. The number of thiazole rings is 1. The van der Waals surface area contributed by atoms with Gasteiger partial charge in [-0.15, -0.1) is 11.3 Å². The van der Waals surface area contributed by atoms with Crippen LogP contribution in [0.4, 0.5) is 5.69 Å². The number of nitrogens with two attached hydrogens (primary N) is 1. The minimum atomic E-state index is 0.585. The zero-order valence-electron chi connectivity index (χ0n) is 9.86. The van der Waals surface area contributed by atoms with Gasteiger partial charge in [-0.05, 0) is 35.9 Å². The number of rotatable bonds is 2. The molecule has 0 fully saturated rings. The monoisotopic (exact) mass is 308 g/mol. The van der Waals surface area contributed by atoms with Gasteiger partial charge in [-0.3, -0.25) is 0 Å². The zero-order chi connectivity index (χ0) is 13.4. The summed E-state index contributed by atoms with van der Waals surface area (Å²) in [5, 5.41) is 2.36. The van der Waals surface area contributed by atoms with Crippen molar-refractivity contribution in [3.8, 4) is 0 Å². The Kier molecular flexibility index (Phi) is 3.35. The van der Waals surface area contributed by atoms with E-state index in [0.29, 0.717) is 10.7 Å². The fourth-order valence-electron chi connectivity index (χ4n) is 1.88. The predicted molar refractivity (Wildman–Crippen MR) is 83.3 cm³/mol. The van der Waals surface area contributed by atoms with Gasteiger partial charge in [0.2, 0.25) is 0 Å². The summed E-state index contributed by atoms with van der Waals surface area (Å²) >= 11 is 13.6.